The van der Waals surface area contributed by atoms with E-state index in [2.05, 4.69) is 9.73 Å². The first-order valence-corrected chi connectivity index (χ1v) is 4.75. The minimum atomic E-state index is -1.18. The molecule has 0 bridgehead atoms. The average molecular weight is 212 g/mol. The number of esters is 1. The highest BCUT2D eigenvalue weighted by molar-refractivity contribution is 6.03. The number of nitrogens with two attached hydrogens (primary N) is 1. The second-order valence-electron chi connectivity index (χ2n) is 3.71. The molecule has 6 heteroatoms. The molecule has 1 saturated carbocycles. The summed E-state index contributed by atoms with van der Waals surface area (Å²) in [5.74, 6) is -1.49. The molecular formula is C9H12N2O4. The Morgan fingerprint density at radius 2 is 2.47 bits per heavy atom. The lowest BCUT2D eigenvalue weighted by Gasteiger charge is -2.25. The van der Waals surface area contributed by atoms with Crippen LogP contribution >= 0.6 is 0 Å². The quantitative estimate of drug-likeness (QED) is 0.595. The van der Waals surface area contributed by atoms with Crippen LogP contribution in [0, 0.1) is 5.92 Å². The predicted molar refractivity (Wildman–Crippen MR) is 49.8 cm³/mol. The number of amidine groups is 1. The zero-order chi connectivity index (χ0) is 11.1. The lowest BCUT2D eigenvalue weighted by Crippen LogP contribution is -2.45. The number of aliphatic imine (C=N–C) groups is 1. The Labute approximate surface area is 86.4 Å². The summed E-state index contributed by atoms with van der Waals surface area (Å²) >= 11 is 0. The summed E-state index contributed by atoms with van der Waals surface area (Å²) in [4.78, 5) is 26.6. The van der Waals surface area contributed by atoms with Crippen molar-refractivity contribution in [2.75, 3.05) is 7.11 Å². The summed E-state index contributed by atoms with van der Waals surface area (Å²) in [6.45, 7) is 0. The second kappa shape index (κ2) is 3.22. The summed E-state index contributed by atoms with van der Waals surface area (Å²) in [6.07, 6.45) is 1.77. The van der Waals surface area contributed by atoms with Crippen molar-refractivity contribution in [3.05, 3.63) is 0 Å². The molecule has 0 radical (unpaired) electrons. The molecule has 82 valence electrons. The maximum Gasteiger partial charge on any atom is 0.313 e. The Kier molecular flexibility index (Phi) is 2.13. The van der Waals surface area contributed by atoms with Crippen LogP contribution in [-0.4, -0.2) is 30.6 Å². The van der Waals surface area contributed by atoms with Gasteiger partial charge in [0.15, 0.2) is 0 Å². The SMILES string of the molecule is COC(=O)C1CCCC12OC(N)=NC2=O. The fourth-order valence-corrected chi connectivity index (χ4v) is 2.25. The fourth-order valence-electron chi connectivity index (χ4n) is 2.25. The van der Waals surface area contributed by atoms with Crippen LogP contribution in [0.5, 0.6) is 0 Å². The molecular weight excluding hydrogens is 200 g/mol. The molecule has 0 aromatic heterocycles. The number of carbonyl (C=O) groups is 2. The summed E-state index contributed by atoms with van der Waals surface area (Å²) in [5, 5.41) is 0. The van der Waals surface area contributed by atoms with Gasteiger partial charge in [0.1, 0.15) is 5.92 Å². The van der Waals surface area contributed by atoms with E-state index in [1.165, 1.54) is 7.11 Å². The minimum Gasteiger partial charge on any atom is -0.469 e. The van der Waals surface area contributed by atoms with Gasteiger partial charge in [-0.3, -0.25) is 9.59 Å². The van der Waals surface area contributed by atoms with E-state index >= 15 is 0 Å². The number of carbonyl (C=O) groups excluding carboxylic acids is 2. The number of rotatable bonds is 1. The van der Waals surface area contributed by atoms with E-state index in [0.717, 1.165) is 6.42 Å². The monoisotopic (exact) mass is 212 g/mol. The van der Waals surface area contributed by atoms with Crippen molar-refractivity contribution in [3.63, 3.8) is 0 Å². The molecule has 6 nitrogen and oxygen atoms in total. The van der Waals surface area contributed by atoms with E-state index in [0.29, 0.717) is 12.8 Å². The maximum atomic E-state index is 11.6. The number of ether oxygens (including phenoxy) is 2. The molecule has 2 N–H and O–H groups in total. The van der Waals surface area contributed by atoms with Gasteiger partial charge in [0, 0.05) is 0 Å². The first-order valence-electron chi connectivity index (χ1n) is 4.75. The highest BCUT2D eigenvalue weighted by Gasteiger charge is 2.58. The van der Waals surface area contributed by atoms with Crippen LogP contribution in [0.15, 0.2) is 4.99 Å². The van der Waals surface area contributed by atoms with Crippen LogP contribution in [-0.2, 0) is 19.1 Å². The number of amides is 1. The lowest BCUT2D eigenvalue weighted by atomic mass is 9.90. The number of hydrogen-bond donors (Lipinski definition) is 1. The molecule has 1 fully saturated rings. The van der Waals surface area contributed by atoms with E-state index in [9.17, 15) is 9.59 Å². The first-order chi connectivity index (χ1) is 7.10. The van der Waals surface area contributed by atoms with Crippen LogP contribution in [0.1, 0.15) is 19.3 Å². The van der Waals surface area contributed by atoms with Crippen LogP contribution < -0.4 is 5.73 Å². The second-order valence-corrected chi connectivity index (χ2v) is 3.71. The molecule has 0 aromatic carbocycles. The largest absolute Gasteiger partial charge is 0.469 e. The smallest absolute Gasteiger partial charge is 0.313 e. The Morgan fingerprint density at radius 3 is 3.00 bits per heavy atom. The summed E-state index contributed by atoms with van der Waals surface area (Å²) < 4.78 is 9.88. The average Bonchev–Trinajstić information content (AvgIpc) is 2.72. The maximum absolute atomic E-state index is 11.6. The van der Waals surface area contributed by atoms with Gasteiger partial charge in [-0.1, -0.05) is 0 Å². The first kappa shape index (κ1) is 9.95. The molecule has 2 unspecified atom stereocenters. The molecule has 1 spiro atoms. The van der Waals surface area contributed by atoms with Crippen molar-refractivity contribution in [1.82, 2.24) is 0 Å². The molecule has 1 heterocycles. The third-order valence-corrected chi connectivity index (χ3v) is 2.95. The van der Waals surface area contributed by atoms with Gasteiger partial charge >= 0.3 is 5.97 Å². The minimum absolute atomic E-state index is 0.157. The van der Waals surface area contributed by atoms with Crippen LogP contribution in [0.2, 0.25) is 0 Å². The Balaban J connectivity index is 2.28. The van der Waals surface area contributed by atoms with Gasteiger partial charge in [0.05, 0.1) is 7.11 Å². The highest BCUT2D eigenvalue weighted by atomic mass is 16.6. The van der Waals surface area contributed by atoms with Crippen molar-refractivity contribution in [1.29, 1.82) is 0 Å². The van der Waals surface area contributed by atoms with Gasteiger partial charge in [-0.15, -0.1) is 0 Å². The van der Waals surface area contributed by atoms with Gasteiger partial charge in [-0.2, -0.15) is 4.99 Å². The van der Waals surface area contributed by atoms with Gasteiger partial charge in [-0.25, -0.2) is 0 Å². The summed E-state index contributed by atoms with van der Waals surface area (Å²) in [5.41, 5.74) is 4.15. The molecule has 2 rings (SSSR count). The van der Waals surface area contributed by atoms with Crippen LogP contribution in [0.3, 0.4) is 0 Å². The molecule has 1 amide bonds. The van der Waals surface area contributed by atoms with E-state index < -0.39 is 23.4 Å². The Hall–Kier alpha value is -1.59. The van der Waals surface area contributed by atoms with E-state index in [-0.39, 0.29) is 6.02 Å². The van der Waals surface area contributed by atoms with Crippen molar-refractivity contribution < 1.29 is 19.1 Å². The topological polar surface area (TPSA) is 91.0 Å². The standard InChI is InChI=1S/C9H12N2O4/c1-14-6(12)5-3-2-4-9(5)7(13)11-8(10)15-9/h5H,2-4H2,1H3,(H2,10,11,13). The predicted octanol–water partition coefficient (Wildman–Crippen LogP) is -0.430. The molecule has 1 aliphatic carbocycles. The van der Waals surface area contributed by atoms with Crippen LogP contribution in [0.4, 0.5) is 0 Å². The fraction of sp³-hybridized carbons (Fsp3) is 0.667. The zero-order valence-electron chi connectivity index (χ0n) is 8.36. The molecule has 2 aliphatic rings. The van der Waals surface area contributed by atoms with E-state index in [1.54, 1.807) is 0 Å². The van der Waals surface area contributed by atoms with Crippen LogP contribution in [0.25, 0.3) is 0 Å². The van der Waals surface area contributed by atoms with Crippen molar-refractivity contribution in [2.24, 2.45) is 16.6 Å². The lowest BCUT2D eigenvalue weighted by molar-refractivity contribution is -0.156. The van der Waals surface area contributed by atoms with Gasteiger partial charge < -0.3 is 15.2 Å². The summed E-state index contributed by atoms with van der Waals surface area (Å²) in [7, 11) is 1.29. The van der Waals surface area contributed by atoms with Gasteiger partial charge in [-0.05, 0) is 19.3 Å². The van der Waals surface area contributed by atoms with Crippen molar-refractivity contribution >= 4 is 17.9 Å². The number of nitrogens with zero attached hydrogens (tertiary/aromatic N) is 1. The van der Waals surface area contributed by atoms with E-state index in [1.807, 2.05) is 0 Å². The highest BCUT2D eigenvalue weighted by Crippen LogP contribution is 2.42. The third kappa shape index (κ3) is 1.28. The summed E-state index contributed by atoms with van der Waals surface area (Å²) in [6, 6.07) is -0.157. The van der Waals surface area contributed by atoms with Crippen molar-refractivity contribution in [2.45, 2.75) is 24.9 Å². The zero-order valence-corrected chi connectivity index (χ0v) is 8.36. The Bertz CT molecular complexity index is 352. The normalized spacial score (nSPS) is 34.1. The molecule has 15 heavy (non-hydrogen) atoms. The van der Waals surface area contributed by atoms with E-state index in [4.69, 9.17) is 10.5 Å². The van der Waals surface area contributed by atoms with Gasteiger partial charge in [0.25, 0.3) is 11.9 Å². The number of methoxy groups -OCH3 is 1. The molecule has 0 saturated heterocycles. The Morgan fingerprint density at radius 1 is 1.73 bits per heavy atom. The van der Waals surface area contributed by atoms with Crippen molar-refractivity contribution in [3.8, 4) is 0 Å². The molecule has 2 atom stereocenters. The van der Waals surface area contributed by atoms with Gasteiger partial charge in [0.2, 0.25) is 5.60 Å². The molecule has 0 aromatic rings. The molecule has 1 aliphatic heterocycles. The third-order valence-electron chi connectivity index (χ3n) is 2.95. The number of hydrogen-bond acceptors (Lipinski definition) is 5.